The predicted molar refractivity (Wildman–Crippen MR) is 114 cm³/mol. The summed E-state index contributed by atoms with van der Waals surface area (Å²) in [6, 6.07) is 21.8. The molecule has 0 saturated carbocycles. The van der Waals surface area contributed by atoms with Crippen LogP contribution in [0.3, 0.4) is 0 Å². The molecule has 0 aliphatic heterocycles. The van der Waals surface area contributed by atoms with Crippen molar-refractivity contribution in [3.05, 3.63) is 72.3 Å². The van der Waals surface area contributed by atoms with Crippen LogP contribution in [0.25, 0.3) is 27.5 Å². The minimum atomic E-state index is 1.10. The molecule has 22 heavy (non-hydrogen) atoms. The molecule has 0 spiro atoms. The lowest BCUT2D eigenvalue weighted by Crippen LogP contribution is -1.93. The quantitative estimate of drug-likeness (QED) is 0.222. The second-order valence-corrected chi connectivity index (χ2v) is 8.54. The number of aromatic nitrogens is 1. The van der Waals surface area contributed by atoms with E-state index in [-0.39, 0.29) is 0 Å². The van der Waals surface area contributed by atoms with Gasteiger partial charge in [0.05, 0.1) is 11.0 Å². The highest BCUT2D eigenvalue weighted by atomic mass is 127. The molecule has 1 nitrogen and oxygen atoms in total. The summed E-state index contributed by atoms with van der Waals surface area (Å²) in [5.41, 5.74) is 3.69. The second kappa shape index (κ2) is 5.79. The lowest BCUT2D eigenvalue weighted by Gasteiger charge is -2.08. The number of hydrogen-bond donors (Lipinski definition) is 0. The van der Waals surface area contributed by atoms with Gasteiger partial charge in [0.1, 0.15) is 0 Å². The van der Waals surface area contributed by atoms with Crippen LogP contribution in [0, 0.1) is 7.14 Å². The number of hydrogen-bond acceptors (Lipinski definition) is 0. The molecule has 0 saturated heterocycles. The minimum Gasteiger partial charge on any atom is -0.309 e. The Balaban J connectivity index is 2.17. The Morgan fingerprint density at radius 2 is 1.18 bits per heavy atom. The van der Waals surface area contributed by atoms with Gasteiger partial charge in [0.15, 0.2) is 0 Å². The Hall–Kier alpha value is -0.600. The maximum Gasteiger partial charge on any atom is 0.0541 e. The highest BCUT2D eigenvalue weighted by Gasteiger charge is 2.12. The molecule has 0 aliphatic rings. The molecule has 4 aromatic rings. The van der Waals surface area contributed by atoms with Crippen molar-refractivity contribution in [2.24, 2.45) is 0 Å². The number of fused-ring (bicyclic) bond motifs is 3. The van der Waals surface area contributed by atoms with E-state index in [0.717, 1.165) is 4.47 Å². The predicted octanol–water partition coefficient (Wildman–Crippen LogP) is 6.76. The van der Waals surface area contributed by atoms with E-state index in [4.69, 9.17) is 0 Å². The average Bonchev–Trinajstić information content (AvgIpc) is 2.81. The van der Waals surface area contributed by atoms with Gasteiger partial charge in [-0.1, -0.05) is 15.9 Å². The lowest BCUT2D eigenvalue weighted by molar-refractivity contribution is 1.18. The topological polar surface area (TPSA) is 4.93 Å². The van der Waals surface area contributed by atoms with Gasteiger partial charge >= 0.3 is 0 Å². The molecule has 0 amide bonds. The standard InChI is InChI=1S/C18H10BrI2N/c19-11-1-5-14(6-2-11)22-17-7-3-12(20)9-15(17)16-10-13(21)4-8-18(16)22/h1-10H. The molecular formula is C18H10BrI2N. The van der Waals surface area contributed by atoms with Crippen molar-refractivity contribution in [2.45, 2.75) is 0 Å². The van der Waals surface area contributed by atoms with Crippen LogP contribution in [0.2, 0.25) is 0 Å². The van der Waals surface area contributed by atoms with Crippen LogP contribution in [-0.2, 0) is 0 Å². The first-order valence-electron chi connectivity index (χ1n) is 6.79. The third-order valence-electron chi connectivity index (χ3n) is 3.77. The molecule has 0 unspecified atom stereocenters. The molecule has 0 atom stereocenters. The third-order valence-corrected chi connectivity index (χ3v) is 5.64. The molecule has 0 N–H and O–H groups in total. The summed E-state index contributed by atoms with van der Waals surface area (Å²) in [6.45, 7) is 0. The summed E-state index contributed by atoms with van der Waals surface area (Å²) in [6.07, 6.45) is 0. The molecule has 3 aromatic carbocycles. The lowest BCUT2D eigenvalue weighted by atomic mass is 10.2. The zero-order valence-electron chi connectivity index (χ0n) is 11.4. The monoisotopic (exact) mass is 573 g/mol. The van der Waals surface area contributed by atoms with Crippen molar-refractivity contribution in [1.29, 1.82) is 0 Å². The van der Waals surface area contributed by atoms with E-state index in [1.807, 2.05) is 0 Å². The molecule has 4 heteroatoms. The fraction of sp³-hybridized carbons (Fsp3) is 0. The van der Waals surface area contributed by atoms with E-state index >= 15 is 0 Å². The fourth-order valence-corrected chi connectivity index (χ4v) is 4.08. The molecule has 108 valence electrons. The summed E-state index contributed by atoms with van der Waals surface area (Å²) in [5.74, 6) is 0. The third kappa shape index (κ3) is 2.49. The average molecular weight is 574 g/mol. The van der Waals surface area contributed by atoms with Crippen molar-refractivity contribution in [3.8, 4) is 5.69 Å². The van der Waals surface area contributed by atoms with Gasteiger partial charge in [-0.25, -0.2) is 0 Å². The molecule has 0 bridgehead atoms. The van der Waals surface area contributed by atoms with Gasteiger partial charge in [-0.3, -0.25) is 0 Å². The maximum atomic E-state index is 3.52. The molecule has 4 rings (SSSR count). The largest absolute Gasteiger partial charge is 0.309 e. The van der Waals surface area contributed by atoms with Crippen LogP contribution in [-0.4, -0.2) is 4.57 Å². The number of rotatable bonds is 1. The van der Waals surface area contributed by atoms with Crippen molar-refractivity contribution >= 4 is 82.9 Å². The SMILES string of the molecule is Brc1ccc(-n2c3ccc(I)cc3c3cc(I)ccc32)cc1. The van der Waals surface area contributed by atoms with Crippen LogP contribution in [0.4, 0.5) is 0 Å². The Labute approximate surface area is 164 Å². The van der Waals surface area contributed by atoms with Crippen molar-refractivity contribution in [2.75, 3.05) is 0 Å². The van der Waals surface area contributed by atoms with Crippen molar-refractivity contribution in [3.63, 3.8) is 0 Å². The first-order valence-corrected chi connectivity index (χ1v) is 9.74. The smallest absolute Gasteiger partial charge is 0.0541 e. The van der Waals surface area contributed by atoms with Crippen LogP contribution < -0.4 is 0 Å². The van der Waals surface area contributed by atoms with Crippen LogP contribution in [0.15, 0.2) is 65.1 Å². The first kappa shape index (κ1) is 15.0. The number of halogens is 3. The maximum absolute atomic E-state index is 3.52. The highest BCUT2D eigenvalue weighted by Crippen LogP contribution is 2.34. The summed E-state index contributed by atoms with van der Waals surface area (Å²) >= 11 is 8.28. The Morgan fingerprint density at radius 1 is 0.682 bits per heavy atom. The van der Waals surface area contributed by atoms with Gasteiger partial charge in [0.2, 0.25) is 0 Å². The minimum absolute atomic E-state index is 1.10. The first-order chi connectivity index (χ1) is 10.6. The van der Waals surface area contributed by atoms with Gasteiger partial charge in [-0.15, -0.1) is 0 Å². The van der Waals surface area contributed by atoms with E-state index in [1.54, 1.807) is 0 Å². The molecule has 0 radical (unpaired) electrons. The van der Waals surface area contributed by atoms with Gasteiger partial charge in [0.25, 0.3) is 0 Å². The number of nitrogens with zero attached hydrogens (tertiary/aromatic N) is 1. The Bertz CT molecular complexity index is 944. The van der Waals surface area contributed by atoms with E-state index in [0.29, 0.717) is 0 Å². The second-order valence-electron chi connectivity index (χ2n) is 5.13. The van der Waals surface area contributed by atoms with Gasteiger partial charge < -0.3 is 4.57 Å². The van der Waals surface area contributed by atoms with E-state index in [2.05, 4.69) is 126 Å². The van der Waals surface area contributed by atoms with E-state index in [9.17, 15) is 0 Å². The molecule has 1 aromatic heterocycles. The molecular weight excluding hydrogens is 564 g/mol. The highest BCUT2D eigenvalue weighted by molar-refractivity contribution is 14.1. The van der Waals surface area contributed by atoms with Crippen LogP contribution in [0.1, 0.15) is 0 Å². The van der Waals surface area contributed by atoms with E-state index < -0.39 is 0 Å². The van der Waals surface area contributed by atoms with Crippen molar-refractivity contribution < 1.29 is 0 Å². The normalized spacial score (nSPS) is 11.4. The molecule has 0 aliphatic carbocycles. The summed E-state index contributed by atoms with van der Waals surface area (Å²) in [7, 11) is 0. The van der Waals surface area contributed by atoms with E-state index in [1.165, 1.54) is 34.6 Å². The van der Waals surface area contributed by atoms with Crippen LogP contribution >= 0.6 is 61.1 Å². The van der Waals surface area contributed by atoms with Crippen LogP contribution in [0.5, 0.6) is 0 Å². The number of benzene rings is 3. The van der Waals surface area contributed by atoms with Crippen molar-refractivity contribution in [1.82, 2.24) is 4.57 Å². The summed E-state index contributed by atoms with van der Waals surface area (Å²) in [5, 5.41) is 2.62. The van der Waals surface area contributed by atoms with Gasteiger partial charge in [0, 0.05) is 28.1 Å². The van der Waals surface area contributed by atoms with Gasteiger partial charge in [-0.2, -0.15) is 0 Å². The summed E-state index contributed by atoms with van der Waals surface area (Å²) in [4.78, 5) is 0. The molecule has 0 fully saturated rings. The zero-order valence-corrected chi connectivity index (χ0v) is 17.3. The zero-order chi connectivity index (χ0) is 15.3. The van der Waals surface area contributed by atoms with Gasteiger partial charge in [-0.05, 0) is 106 Å². The summed E-state index contributed by atoms with van der Waals surface area (Å²) < 4.78 is 5.96. The Morgan fingerprint density at radius 3 is 1.68 bits per heavy atom. The fourth-order valence-electron chi connectivity index (χ4n) is 2.84. The Kier molecular flexibility index (Phi) is 3.94. The molecule has 1 heterocycles.